The van der Waals surface area contributed by atoms with Crippen LogP contribution in [0.2, 0.25) is 5.02 Å². The monoisotopic (exact) mass is 456 g/mol. The van der Waals surface area contributed by atoms with E-state index in [2.05, 4.69) is 5.32 Å². The molecule has 1 amide bonds. The van der Waals surface area contributed by atoms with Crippen molar-refractivity contribution in [1.82, 2.24) is 5.32 Å². The molecule has 164 valence electrons. The fourth-order valence-electron chi connectivity index (χ4n) is 2.93. The Bertz CT molecular complexity index is 1030. The van der Waals surface area contributed by atoms with Crippen LogP contribution in [0, 0.1) is 6.92 Å². The van der Waals surface area contributed by atoms with Gasteiger partial charge in [0.25, 0.3) is 0 Å². The molecular weight excluding hydrogens is 432 g/mol. The smallest absolute Gasteiger partial charge is 0.241 e. The van der Waals surface area contributed by atoms with Gasteiger partial charge in [-0.1, -0.05) is 17.7 Å². The van der Waals surface area contributed by atoms with E-state index in [1.807, 2.05) is 0 Å². The first-order chi connectivity index (χ1) is 14.1. The lowest BCUT2D eigenvalue weighted by Gasteiger charge is -2.24. The Morgan fingerprint density at radius 1 is 1.07 bits per heavy atom. The molecule has 0 atom stereocenters. The quantitative estimate of drug-likeness (QED) is 0.623. The number of rotatable bonds is 9. The number of methoxy groups -OCH3 is 3. The van der Waals surface area contributed by atoms with Gasteiger partial charge in [-0.15, -0.1) is 0 Å². The Morgan fingerprint density at radius 2 is 1.73 bits per heavy atom. The number of anilines is 1. The molecule has 10 heteroatoms. The van der Waals surface area contributed by atoms with Crippen LogP contribution in [0.4, 0.5) is 5.69 Å². The molecule has 0 unspecified atom stereocenters. The minimum Gasteiger partial charge on any atom is -0.493 e. The lowest BCUT2D eigenvalue weighted by atomic mass is 10.1. The van der Waals surface area contributed by atoms with Gasteiger partial charge in [0.2, 0.25) is 21.7 Å². The number of hydrogen-bond acceptors (Lipinski definition) is 6. The Kier molecular flexibility index (Phi) is 7.80. The van der Waals surface area contributed by atoms with Gasteiger partial charge in [-0.2, -0.15) is 0 Å². The van der Waals surface area contributed by atoms with Crippen molar-refractivity contribution < 1.29 is 27.4 Å². The summed E-state index contributed by atoms with van der Waals surface area (Å²) in [7, 11) is 0.763. The molecule has 8 nitrogen and oxygen atoms in total. The van der Waals surface area contributed by atoms with Crippen molar-refractivity contribution >= 4 is 33.2 Å². The van der Waals surface area contributed by atoms with Crippen molar-refractivity contribution in [3.63, 3.8) is 0 Å². The number of amides is 1. The molecule has 0 aliphatic carbocycles. The number of halogens is 1. The first-order valence-corrected chi connectivity index (χ1v) is 11.1. The van der Waals surface area contributed by atoms with Gasteiger partial charge in [-0.25, -0.2) is 8.42 Å². The maximum Gasteiger partial charge on any atom is 0.241 e. The van der Waals surface area contributed by atoms with Crippen LogP contribution in [-0.4, -0.2) is 48.5 Å². The Hall–Kier alpha value is -2.65. The lowest BCUT2D eigenvalue weighted by Crippen LogP contribution is -2.40. The van der Waals surface area contributed by atoms with Gasteiger partial charge in [0, 0.05) is 17.1 Å². The third-order valence-corrected chi connectivity index (χ3v) is 5.99. The largest absolute Gasteiger partial charge is 0.493 e. The summed E-state index contributed by atoms with van der Waals surface area (Å²) in [5.41, 5.74) is 1.57. The zero-order valence-corrected chi connectivity index (χ0v) is 19.1. The van der Waals surface area contributed by atoms with Crippen LogP contribution in [-0.2, 0) is 21.4 Å². The second kappa shape index (κ2) is 9.90. The van der Waals surface area contributed by atoms with Crippen LogP contribution >= 0.6 is 11.6 Å². The van der Waals surface area contributed by atoms with Gasteiger partial charge in [-0.3, -0.25) is 9.10 Å². The van der Waals surface area contributed by atoms with Crippen LogP contribution in [0.15, 0.2) is 30.3 Å². The maximum atomic E-state index is 12.6. The second-order valence-corrected chi connectivity index (χ2v) is 8.74. The number of ether oxygens (including phenoxy) is 3. The molecule has 2 aromatic rings. The number of sulfonamides is 1. The predicted molar refractivity (Wildman–Crippen MR) is 116 cm³/mol. The van der Waals surface area contributed by atoms with Crippen LogP contribution < -0.4 is 23.8 Å². The van der Waals surface area contributed by atoms with E-state index >= 15 is 0 Å². The van der Waals surface area contributed by atoms with Gasteiger partial charge in [0.15, 0.2) is 11.5 Å². The summed E-state index contributed by atoms with van der Waals surface area (Å²) in [5, 5.41) is 3.13. The number of nitrogens with one attached hydrogen (secondary N) is 1. The van der Waals surface area contributed by atoms with E-state index in [0.29, 0.717) is 39.1 Å². The van der Waals surface area contributed by atoms with Crippen LogP contribution in [0.1, 0.15) is 11.1 Å². The number of carbonyl (C=O) groups is 1. The summed E-state index contributed by atoms with van der Waals surface area (Å²) in [4.78, 5) is 12.6. The Morgan fingerprint density at radius 3 is 2.30 bits per heavy atom. The first-order valence-electron chi connectivity index (χ1n) is 8.91. The third kappa shape index (κ3) is 5.28. The Labute approximate surface area is 181 Å². The summed E-state index contributed by atoms with van der Waals surface area (Å²) in [6, 6.07) is 8.32. The molecule has 0 saturated heterocycles. The molecule has 0 saturated carbocycles. The summed E-state index contributed by atoms with van der Waals surface area (Å²) in [6.07, 6.45) is 1.04. The predicted octanol–water partition coefficient (Wildman–Crippen LogP) is 2.76. The fourth-order valence-corrected chi connectivity index (χ4v) is 4.01. The van der Waals surface area contributed by atoms with Crippen molar-refractivity contribution in [2.75, 3.05) is 38.4 Å². The molecule has 2 aromatic carbocycles. The van der Waals surface area contributed by atoms with Gasteiger partial charge in [0.1, 0.15) is 6.54 Å². The summed E-state index contributed by atoms with van der Waals surface area (Å²) < 4.78 is 41.6. The van der Waals surface area contributed by atoms with E-state index in [4.69, 9.17) is 25.8 Å². The maximum absolute atomic E-state index is 12.6. The second-order valence-electron chi connectivity index (χ2n) is 6.42. The zero-order valence-electron chi connectivity index (χ0n) is 17.5. The zero-order chi connectivity index (χ0) is 22.5. The van der Waals surface area contributed by atoms with Crippen molar-refractivity contribution in [3.05, 3.63) is 46.5 Å². The minimum absolute atomic E-state index is 0.106. The average Bonchev–Trinajstić information content (AvgIpc) is 2.71. The van der Waals surface area contributed by atoms with Gasteiger partial charge < -0.3 is 19.5 Å². The minimum atomic E-state index is -3.72. The van der Waals surface area contributed by atoms with Crippen molar-refractivity contribution in [1.29, 1.82) is 0 Å². The highest BCUT2D eigenvalue weighted by molar-refractivity contribution is 7.92. The summed E-state index contributed by atoms with van der Waals surface area (Å²) in [5.74, 6) is 0.822. The third-order valence-electron chi connectivity index (χ3n) is 4.46. The van der Waals surface area contributed by atoms with Gasteiger partial charge in [-0.05, 0) is 36.8 Å². The molecule has 0 aliphatic rings. The molecule has 0 heterocycles. The van der Waals surface area contributed by atoms with Crippen molar-refractivity contribution in [2.24, 2.45) is 0 Å². The normalized spacial score (nSPS) is 11.0. The molecule has 0 aromatic heterocycles. The molecule has 1 N–H and O–H groups in total. The number of hydrogen-bond donors (Lipinski definition) is 1. The highest BCUT2D eigenvalue weighted by atomic mass is 35.5. The van der Waals surface area contributed by atoms with Crippen molar-refractivity contribution in [3.8, 4) is 17.2 Å². The van der Waals surface area contributed by atoms with E-state index in [1.54, 1.807) is 37.3 Å². The molecule has 30 heavy (non-hydrogen) atoms. The number of benzene rings is 2. The molecule has 0 spiro atoms. The molecular formula is C20H25ClN2O6S. The molecule has 0 aliphatic heterocycles. The molecule has 0 radical (unpaired) electrons. The highest BCUT2D eigenvalue weighted by Gasteiger charge is 2.23. The van der Waals surface area contributed by atoms with Gasteiger partial charge >= 0.3 is 0 Å². The number of carbonyl (C=O) groups excluding carboxylic acids is 1. The SMILES string of the molecule is COc1ccc(CNC(=O)CN(c2cccc(Cl)c2C)S(C)(=O)=O)c(OC)c1OC. The highest BCUT2D eigenvalue weighted by Crippen LogP contribution is 2.39. The van der Waals surface area contributed by atoms with E-state index < -0.39 is 22.5 Å². The Balaban J connectivity index is 2.23. The van der Waals surface area contributed by atoms with Crippen LogP contribution in [0.5, 0.6) is 17.2 Å². The number of nitrogens with zero attached hydrogens (tertiary/aromatic N) is 1. The standard InChI is InChI=1S/C20H25ClN2O6S/c1-13-15(21)7-6-8-16(13)23(30(5,25)26)12-18(24)22-11-14-9-10-17(27-2)20(29-4)19(14)28-3/h6-10H,11-12H2,1-5H3,(H,22,24). The first kappa shape index (κ1) is 23.6. The van der Waals surface area contributed by atoms with Crippen LogP contribution in [0.25, 0.3) is 0 Å². The van der Waals surface area contributed by atoms with Crippen LogP contribution in [0.3, 0.4) is 0 Å². The van der Waals surface area contributed by atoms with E-state index in [-0.39, 0.29) is 6.54 Å². The molecule has 2 rings (SSSR count). The topological polar surface area (TPSA) is 94.2 Å². The lowest BCUT2D eigenvalue weighted by molar-refractivity contribution is -0.119. The molecule has 0 bridgehead atoms. The van der Waals surface area contributed by atoms with E-state index in [0.717, 1.165) is 10.6 Å². The van der Waals surface area contributed by atoms with Crippen molar-refractivity contribution in [2.45, 2.75) is 13.5 Å². The van der Waals surface area contributed by atoms with Gasteiger partial charge in [0.05, 0.1) is 33.3 Å². The fraction of sp³-hybridized carbons (Fsp3) is 0.350. The molecule has 0 fully saturated rings. The van der Waals surface area contributed by atoms with E-state index in [9.17, 15) is 13.2 Å². The summed E-state index contributed by atoms with van der Waals surface area (Å²) in [6.45, 7) is 1.41. The average molecular weight is 457 g/mol. The van der Waals surface area contributed by atoms with E-state index in [1.165, 1.54) is 21.3 Å². The summed E-state index contributed by atoms with van der Waals surface area (Å²) >= 11 is 6.11.